The highest BCUT2D eigenvalue weighted by Gasteiger charge is 2.06. The minimum atomic E-state index is -1.04. The smallest absolute Gasteiger partial charge is 0.309 e. The Morgan fingerprint density at radius 2 is 2.16 bits per heavy atom. The highest BCUT2D eigenvalue weighted by atomic mass is 19.1. The van der Waals surface area contributed by atoms with E-state index in [2.05, 4.69) is 0 Å². The van der Waals surface area contributed by atoms with Gasteiger partial charge in [-0.2, -0.15) is 0 Å². The van der Waals surface area contributed by atoms with Gasteiger partial charge < -0.3 is 9.84 Å². The van der Waals surface area contributed by atoms with Gasteiger partial charge in [0.1, 0.15) is 5.82 Å². The molecule has 1 aromatic rings. The summed E-state index contributed by atoms with van der Waals surface area (Å²) in [5.41, 5.74) is 0.945. The molecule has 102 valence electrons. The number of rotatable bonds is 6. The van der Waals surface area contributed by atoms with Crippen LogP contribution < -0.4 is 0 Å². The van der Waals surface area contributed by atoms with Crippen molar-refractivity contribution in [2.45, 2.75) is 19.8 Å². The summed E-state index contributed by atoms with van der Waals surface area (Å²) < 4.78 is 17.8. The Kier molecular flexibility index (Phi) is 5.73. The van der Waals surface area contributed by atoms with E-state index < -0.39 is 11.8 Å². The van der Waals surface area contributed by atoms with Crippen LogP contribution >= 0.6 is 0 Å². The lowest BCUT2D eigenvalue weighted by molar-refractivity contribution is -0.142. The summed E-state index contributed by atoms with van der Waals surface area (Å²) in [7, 11) is 0. The van der Waals surface area contributed by atoms with Crippen LogP contribution in [0.15, 0.2) is 24.3 Å². The molecule has 1 aromatic carbocycles. The Hall–Kier alpha value is -2.17. The van der Waals surface area contributed by atoms with E-state index in [4.69, 9.17) is 9.84 Å². The van der Waals surface area contributed by atoms with Crippen LogP contribution in [0.5, 0.6) is 0 Å². The van der Waals surface area contributed by atoms with E-state index in [-0.39, 0.29) is 18.8 Å². The van der Waals surface area contributed by atoms with Gasteiger partial charge in [0.05, 0.1) is 19.4 Å². The molecule has 0 fully saturated rings. The molecule has 0 heterocycles. The minimum Gasteiger partial charge on any atom is -0.481 e. The molecule has 0 saturated heterocycles. The zero-order valence-corrected chi connectivity index (χ0v) is 10.6. The third-order valence-corrected chi connectivity index (χ3v) is 2.33. The summed E-state index contributed by atoms with van der Waals surface area (Å²) in [5, 5.41) is 8.75. The molecule has 1 rings (SSSR count). The van der Waals surface area contributed by atoms with Gasteiger partial charge in [0, 0.05) is 0 Å². The van der Waals surface area contributed by atoms with Gasteiger partial charge in [-0.15, -0.1) is 0 Å². The van der Waals surface area contributed by atoms with Gasteiger partial charge in [-0.3, -0.25) is 9.59 Å². The second kappa shape index (κ2) is 7.31. The second-order valence-electron chi connectivity index (χ2n) is 3.83. The number of carboxylic acid groups (broad SMARTS) is 1. The normalized spacial score (nSPS) is 10.6. The summed E-state index contributed by atoms with van der Waals surface area (Å²) >= 11 is 0. The summed E-state index contributed by atoms with van der Waals surface area (Å²) in [6, 6.07) is 3.91. The molecule has 0 aliphatic rings. The fraction of sp³-hybridized carbons (Fsp3) is 0.286. The van der Waals surface area contributed by atoms with Crippen LogP contribution in [-0.2, 0) is 20.7 Å². The zero-order chi connectivity index (χ0) is 14.3. The van der Waals surface area contributed by atoms with Gasteiger partial charge >= 0.3 is 11.9 Å². The highest BCUT2D eigenvalue weighted by molar-refractivity contribution is 5.74. The SMILES string of the molecule is CCOC(=O)CC=Cc1ccc(F)cc1CC(=O)O. The molecule has 1 N–H and O–H groups in total. The molecule has 0 radical (unpaired) electrons. The van der Waals surface area contributed by atoms with E-state index in [0.29, 0.717) is 17.7 Å². The molecule has 5 heteroatoms. The number of carbonyl (C=O) groups excluding carboxylic acids is 1. The number of ether oxygens (including phenoxy) is 1. The minimum absolute atomic E-state index is 0.0950. The van der Waals surface area contributed by atoms with Crippen molar-refractivity contribution in [2.24, 2.45) is 0 Å². The summed E-state index contributed by atoms with van der Waals surface area (Å²) in [6.45, 7) is 2.03. The number of carbonyl (C=O) groups is 2. The first-order chi connectivity index (χ1) is 9.02. The lowest BCUT2D eigenvalue weighted by atomic mass is 10.0. The van der Waals surface area contributed by atoms with Crippen molar-refractivity contribution in [3.8, 4) is 0 Å². The number of aliphatic carboxylic acids is 1. The number of benzene rings is 1. The van der Waals surface area contributed by atoms with E-state index in [1.54, 1.807) is 19.1 Å². The molecule has 0 spiro atoms. The number of carboxylic acids is 1. The van der Waals surface area contributed by atoms with Crippen LogP contribution in [0, 0.1) is 5.82 Å². The number of esters is 1. The van der Waals surface area contributed by atoms with Crippen LogP contribution in [-0.4, -0.2) is 23.7 Å². The second-order valence-corrected chi connectivity index (χ2v) is 3.83. The first-order valence-electron chi connectivity index (χ1n) is 5.85. The highest BCUT2D eigenvalue weighted by Crippen LogP contribution is 2.14. The molecular weight excluding hydrogens is 251 g/mol. The molecule has 0 aliphatic carbocycles. The Morgan fingerprint density at radius 3 is 2.79 bits per heavy atom. The monoisotopic (exact) mass is 266 g/mol. The van der Waals surface area contributed by atoms with E-state index >= 15 is 0 Å². The standard InChI is InChI=1S/C14H15FO4/c1-2-19-14(18)5-3-4-10-6-7-12(15)8-11(10)9-13(16)17/h3-4,6-8H,2,5,9H2,1H3,(H,16,17). The number of hydrogen-bond donors (Lipinski definition) is 1. The quantitative estimate of drug-likeness (QED) is 0.803. The Bertz CT molecular complexity index is 494. The number of halogens is 1. The molecular formula is C14H15FO4. The molecule has 0 aliphatic heterocycles. The number of hydrogen-bond acceptors (Lipinski definition) is 3. The zero-order valence-electron chi connectivity index (χ0n) is 10.6. The van der Waals surface area contributed by atoms with Gasteiger partial charge in [0.15, 0.2) is 0 Å². The van der Waals surface area contributed by atoms with Crippen molar-refractivity contribution < 1.29 is 23.8 Å². The van der Waals surface area contributed by atoms with Gasteiger partial charge in [-0.1, -0.05) is 18.2 Å². The van der Waals surface area contributed by atoms with Crippen LogP contribution in [0.4, 0.5) is 4.39 Å². The van der Waals surface area contributed by atoms with Gasteiger partial charge in [-0.05, 0) is 30.2 Å². The van der Waals surface area contributed by atoms with Crippen molar-refractivity contribution in [3.63, 3.8) is 0 Å². The molecule has 0 saturated carbocycles. The van der Waals surface area contributed by atoms with E-state index in [1.165, 1.54) is 18.2 Å². The summed E-state index contributed by atoms with van der Waals surface area (Å²) in [6.07, 6.45) is 2.99. The fourth-order valence-electron chi connectivity index (χ4n) is 1.55. The van der Waals surface area contributed by atoms with Crippen molar-refractivity contribution in [1.29, 1.82) is 0 Å². The van der Waals surface area contributed by atoms with Gasteiger partial charge in [0.25, 0.3) is 0 Å². The first-order valence-corrected chi connectivity index (χ1v) is 5.85. The van der Waals surface area contributed by atoms with E-state index in [1.807, 2.05) is 0 Å². The lowest BCUT2D eigenvalue weighted by Gasteiger charge is -2.03. The molecule has 0 bridgehead atoms. The lowest BCUT2D eigenvalue weighted by Crippen LogP contribution is -2.03. The summed E-state index contributed by atoms with van der Waals surface area (Å²) in [4.78, 5) is 21.8. The molecule has 0 aromatic heterocycles. The maximum absolute atomic E-state index is 13.1. The van der Waals surface area contributed by atoms with Crippen LogP contribution in [0.1, 0.15) is 24.5 Å². The Labute approximate surface area is 110 Å². The van der Waals surface area contributed by atoms with E-state index in [0.717, 1.165) is 0 Å². The third-order valence-electron chi connectivity index (χ3n) is 2.33. The van der Waals surface area contributed by atoms with Gasteiger partial charge in [-0.25, -0.2) is 4.39 Å². The molecule has 0 atom stereocenters. The first kappa shape index (κ1) is 14.9. The van der Waals surface area contributed by atoms with Crippen molar-refractivity contribution in [2.75, 3.05) is 6.61 Å². The van der Waals surface area contributed by atoms with Crippen LogP contribution in [0.2, 0.25) is 0 Å². The maximum atomic E-state index is 13.1. The fourth-order valence-corrected chi connectivity index (χ4v) is 1.55. The van der Waals surface area contributed by atoms with Gasteiger partial charge in [0.2, 0.25) is 0 Å². The van der Waals surface area contributed by atoms with Crippen molar-refractivity contribution in [1.82, 2.24) is 0 Å². The van der Waals surface area contributed by atoms with Crippen molar-refractivity contribution >= 4 is 18.0 Å². The summed E-state index contributed by atoms with van der Waals surface area (Å²) in [5.74, 6) is -1.88. The average molecular weight is 266 g/mol. The molecule has 4 nitrogen and oxygen atoms in total. The average Bonchev–Trinajstić information content (AvgIpc) is 2.31. The molecule has 19 heavy (non-hydrogen) atoms. The molecule has 0 unspecified atom stereocenters. The van der Waals surface area contributed by atoms with Crippen LogP contribution in [0.25, 0.3) is 6.08 Å². The Balaban J connectivity index is 2.79. The van der Waals surface area contributed by atoms with Crippen molar-refractivity contribution in [3.05, 3.63) is 41.2 Å². The largest absolute Gasteiger partial charge is 0.481 e. The Morgan fingerprint density at radius 1 is 1.42 bits per heavy atom. The third kappa shape index (κ3) is 5.33. The predicted molar refractivity (Wildman–Crippen MR) is 68.0 cm³/mol. The van der Waals surface area contributed by atoms with E-state index in [9.17, 15) is 14.0 Å². The maximum Gasteiger partial charge on any atom is 0.309 e. The van der Waals surface area contributed by atoms with Crippen LogP contribution in [0.3, 0.4) is 0 Å². The topological polar surface area (TPSA) is 63.6 Å². The molecule has 0 amide bonds. The predicted octanol–water partition coefficient (Wildman–Crippen LogP) is 2.42.